The van der Waals surface area contributed by atoms with Crippen LogP contribution < -0.4 is 20.1 Å². The van der Waals surface area contributed by atoms with Gasteiger partial charge in [0.2, 0.25) is 11.8 Å². The molecule has 1 fully saturated rings. The van der Waals surface area contributed by atoms with Crippen LogP contribution in [0.3, 0.4) is 0 Å². The van der Waals surface area contributed by atoms with Crippen LogP contribution in [-0.4, -0.2) is 88.2 Å². The zero-order valence-electron chi connectivity index (χ0n) is 31.4. The first kappa shape index (κ1) is 41.7. The maximum absolute atomic E-state index is 13.3. The summed E-state index contributed by atoms with van der Waals surface area (Å²) in [6.45, 7) is 1.24. The Balaban J connectivity index is 1.23. The fourth-order valence-electron chi connectivity index (χ4n) is 5.98. The van der Waals surface area contributed by atoms with E-state index in [2.05, 4.69) is 10.6 Å². The number of thioether (sulfide) groups is 1. The molecular weight excluding hydrogens is 759 g/mol. The van der Waals surface area contributed by atoms with Gasteiger partial charge in [0.05, 0.1) is 23.0 Å². The minimum atomic E-state index is -4.53. The Morgan fingerprint density at radius 1 is 1.02 bits per heavy atom. The number of ether oxygens (including phenoxy) is 2. The highest BCUT2D eigenvalue weighted by Gasteiger charge is 2.26. The lowest BCUT2D eigenvalue weighted by Crippen LogP contribution is -2.32. The van der Waals surface area contributed by atoms with E-state index in [1.54, 1.807) is 26.2 Å². The van der Waals surface area contributed by atoms with Crippen molar-refractivity contribution >= 4 is 50.9 Å². The Bertz CT molecular complexity index is 2130. The van der Waals surface area contributed by atoms with Crippen molar-refractivity contribution in [3.8, 4) is 16.9 Å². The lowest BCUT2D eigenvalue weighted by Gasteiger charge is -2.21. The van der Waals surface area contributed by atoms with E-state index >= 15 is 0 Å². The molecule has 1 aliphatic rings. The molecule has 1 saturated heterocycles. The van der Waals surface area contributed by atoms with E-state index in [9.17, 15) is 32.9 Å². The molecule has 1 aliphatic heterocycles. The molecule has 0 radical (unpaired) electrons. The van der Waals surface area contributed by atoms with Gasteiger partial charge in [-0.25, -0.2) is 13.1 Å². The summed E-state index contributed by atoms with van der Waals surface area (Å²) >= 11 is 1.47. The van der Waals surface area contributed by atoms with Crippen molar-refractivity contribution in [1.82, 2.24) is 14.9 Å². The van der Waals surface area contributed by atoms with Gasteiger partial charge in [0.15, 0.2) is 0 Å². The number of hydrogen-bond acceptors (Lipinski definition) is 11. The van der Waals surface area contributed by atoms with Crippen LogP contribution in [0.2, 0.25) is 0 Å². The van der Waals surface area contributed by atoms with Crippen molar-refractivity contribution in [2.75, 3.05) is 45.4 Å². The summed E-state index contributed by atoms with van der Waals surface area (Å²) in [6.07, 6.45) is 2.89. The third-order valence-electron chi connectivity index (χ3n) is 9.09. The molecule has 0 spiro atoms. The molecule has 0 aliphatic carbocycles. The molecule has 296 valence electrons. The predicted molar refractivity (Wildman–Crippen MR) is 214 cm³/mol. The Morgan fingerprint density at radius 3 is 2.43 bits per heavy atom. The van der Waals surface area contributed by atoms with Crippen molar-refractivity contribution in [1.29, 1.82) is 0 Å². The van der Waals surface area contributed by atoms with Gasteiger partial charge in [-0.05, 0) is 72.9 Å². The van der Waals surface area contributed by atoms with Crippen LogP contribution in [0.1, 0.15) is 41.6 Å². The van der Waals surface area contributed by atoms with E-state index in [-0.39, 0.29) is 35.6 Å². The van der Waals surface area contributed by atoms with Crippen molar-refractivity contribution in [2.45, 2.75) is 54.0 Å². The number of nitrogens with zero attached hydrogens (tertiary/aromatic N) is 2. The summed E-state index contributed by atoms with van der Waals surface area (Å²) in [6, 6.07) is 24.1. The minimum absolute atomic E-state index is 0.0279. The number of nitro benzene ring substituents is 1. The first-order valence-electron chi connectivity index (χ1n) is 18.0. The van der Waals surface area contributed by atoms with Gasteiger partial charge in [-0.15, -0.1) is 11.8 Å². The molecule has 1 unspecified atom stereocenters. The van der Waals surface area contributed by atoms with Crippen molar-refractivity contribution in [3.05, 3.63) is 112 Å². The number of methoxy groups -OCH3 is 1. The molecule has 0 bridgehead atoms. The third-order valence-corrected chi connectivity index (χ3v) is 11.6. The summed E-state index contributed by atoms with van der Waals surface area (Å²) in [5.74, 6) is -0.220. The van der Waals surface area contributed by atoms with Gasteiger partial charge in [-0.3, -0.25) is 24.5 Å². The number of sulfonamides is 1. The zero-order chi connectivity index (χ0) is 40.2. The summed E-state index contributed by atoms with van der Waals surface area (Å²) in [5, 5.41) is 18.1. The van der Waals surface area contributed by atoms with Crippen LogP contribution in [0.4, 0.5) is 11.4 Å². The molecular formula is C40H45N5O9S2. The average Bonchev–Trinajstić information content (AvgIpc) is 3.72. The monoisotopic (exact) mass is 803 g/mol. The number of nitrogens with one attached hydrogen (secondary N) is 3. The lowest BCUT2D eigenvalue weighted by atomic mass is 9.99. The standard InChI is InChI=1S/C40H45N5O9S2/c1-44(2)39(47)23-30(26-55-32-9-5-4-6-10-32)42-35-19-17-33(24-36(35)45(49)50)56(51,52)43-40(48)29-15-13-28(14-16-29)34-18-11-27(22-37(34)53-3)12-20-38(46)41-25-31-8-7-21-54-31/h4-6,9-11,13-19,22,24,30-31,42H,7-8,12,20-21,23,25-26H2,1-3H3,(H,41,46)(H,43,48)/t30-,31?/m1/s1. The van der Waals surface area contributed by atoms with Gasteiger partial charge in [-0.2, -0.15) is 0 Å². The molecule has 3 amide bonds. The number of benzene rings is 4. The summed E-state index contributed by atoms with van der Waals surface area (Å²) in [4.78, 5) is 51.4. The van der Waals surface area contributed by atoms with Crippen LogP contribution in [0, 0.1) is 10.1 Å². The van der Waals surface area contributed by atoms with E-state index in [0.29, 0.717) is 36.5 Å². The first-order chi connectivity index (χ1) is 26.8. The normalized spacial score (nSPS) is 14.4. The topological polar surface area (TPSA) is 186 Å². The number of anilines is 1. The van der Waals surface area contributed by atoms with Gasteiger partial charge < -0.3 is 25.0 Å². The number of amides is 3. The summed E-state index contributed by atoms with van der Waals surface area (Å²) < 4.78 is 39.8. The molecule has 56 heavy (non-hydrogen) atoms. The number of aryl methyl sites for hydroxylation is 1. The van der Waals surface area contributed by atoms with Crippen LogP contribution in [0.25, 0.3) is 11.1 Å². The predicted octanol–water partition coefficient (Wildman–Crippen LogP) is 5.67. The summed E-state index contributed by atoms with van der Waals surface area (Å²) in [7, 11) is 0.232. The number of carbonyl (C=O) groups excluding carboxylic acids is 3. The quantitative estimate of drug-likeness (QED) is 0.0640. The van der Waals surface area contributed by atoms with Crippen LogP contribution in [-0.2, 0) is 30.8 Å². The zero-order valence-corrected chi connectivity index (χ0v) is 33.0. The smallest absolute Gasteiger partial charge is 0.293 e. The Kier molecular flexibility index (Phi) is 14.5. The van der Waals surface area contributed by atoms with Gasteiger partial charge in [0, 0.05) is 74.0 Å². The van der Waals surface area contributed by atoms with E-state index in [1.165, 1.54) is 42.0 Å². The molecule has 4 aromatic rings. The summed E-state index contributed by atoms with van der Waals surface area (Å²) in [5.41, 5.74) is 1.87. The second-order valence-electron chi connectivity index (χ2n) is 13.4. The second kappa shape index (κ2) is 19.4. The molecule has 0 saturated carbocycles. The van der Waals surface area contributed by atoms with Gasteiger partial charge in [0.1, 0.15) is 11.4 Å². The first-order valence-corrected chi connectivity index (χ1v) is 20.5. The second-order valence-corrected chi connectivity index (χ2v) is 16.2. The van der Waals surface area contributed by atoms with Crippen molar-refractivity contribution in [2.24, 2.45) is 0 Å². The number of hydrogen-bond donors (Lipinski definition) is 3. The lowest BCUT2D eigenvalue weighted by molar-refractivity contribution is -0.384. The Labute approximate surface area is 330 Å². The van der Waals surface area contributed by atoms with Crippen LogP contribution in [0.5, 0.6) is 5.75 Å². The number of rotatable bonds is 18. The highest BCUT2D eigenvalue weighted by atomic mass is 32.2. The van der Waals surface area contributed by atoms with Crippen LogP contribution in [0.15, 0.2) is 101 Å². The highest BCUT2D eigenvalue weighted by molar-refractivity contribution is 7.99. The third kappa shape index (κ3) is 11.5. The maximum atomic E-state index is 13.3. The minimum Gasteiger partial charge on any atom is -0.496 e. The highest BCUT2D eigenvalue weighted by Crippen LogP contribution is 2.33. The van der Waals surface area contributed by atoms with E-state index in [4.69, 9.17) is 9.47 Å². The Hall–Kier alpha value is -5.45. The SMILES string of the molecule is COc1cc(CCC(=O)NCC2CCCO2)ccc1-c1ccc(C(=O)NS(=O)(=O)c2ccc(N[C@@H](CSc3ccccc3)CC(=O)N(C)C)c([N+](=O)[O-])c2)cc1. The van der Waals surface area contributed by atoms with Crippen molar-refractivity contribution in [3.63, 3.8) is 0 Å². The largest absolute Gasteiger partial charge is 0.496 e. The average molecular weight is 804 g/mol. The van der Waals surface area contributed by atoms with E-state index < -0.39 is 37.5 Å². The molecule has 14 nitrogen and oxygen atoms in total. The Morgan fingerprint density at radius 2 is 1.77 bits per heavy atom. The van der Waals surface area contributed by atoms with Crippen molar-refractivity contribution < 1.29 is 37.2 Å². The van der Waals surface area contributed by atoms with Crippen LogP contribution >= 0.6 is 11.8 Å². The number of carbonyl (C=O) groups is 3. The molecule has 1 heterocycles. The fraction of sp³-hybridized carbons (Fsp3) is 0.325. The molecule has 0 aromatic heterocycles. The molecule has 3 N–H and O–H groups in total. The molecule has 16 heteroatoms. The number of nitro groups is 1. The molecule has 5 rings (SSSR count). The van der Waals surface area contributed by atoms with E-state index in [1.807, 2.05) is 53.3 Å². The van der Waals surface area contributed by atoms with Gasteiger partial charge in [0.25, 0.3) is 21.6 Å². The molecule has 4 aromatic carbocycles. The molecule has 2 atom stereocenters. The maximum Gasteiger partial charge on any atom is 0.293 e. The fourth-order valence-corrected chi connectivity index (χ4v) is 7.92. The van der Waals surface area contributed by atoms with Gasteiger partial charge >= 0.3 is 0 Å². The van der Waals surface area contributed by atoms with Gasteiger partial charge in [-0.1, -0.05) is 42.5 Å². The van der Waals surface area contributed by atoms with E-state index in [0.717, 1.165) is 47.6 Å².